The molecule has 0 aliphatic carbocycles. The second-order valence-electron chi connectivity index (χ2n) is 5.85. The number of aryl methyl sites for hydroxylation is 2. The molecule has 0 N–H and O–H groups in total. The maximum Gasteiger partial charge on any atom is 0.373 e. The minimum Gasteiger partial charge on any atom is -0.434 e. The Labute approximate surface area is 151 Å². The molecule has 2 aromatic carbocycles. The van der Waals surface area contributed by atoms with Crippen molar-refractivity contribution in [3.05, 3.63) is 76.1 Å². The van der Waals surface area contributed by atoms with Gasteiger partial charge in [0.15, 0.2) is 0 Å². The Hall–Kier alpha value is -3.48. The zero-order valence-electron chi connectivity index (χ0n) is 14.7. The van der Waals surface area contributed by atoms with Gasteiger partial charge >= 0.3 is 11.6 Å². The summed E-state index contributed by atoms with van der Waals surface area (Å²) in [5.74, 6) is 0.560. The van der Waals surface area contributed by atoms with Crippen LogP contribution >= 0.6 is 0 Å². The van der Waals surface area contributed by atoms with Gasteiger partial charge in [-0.3, -0.25) is 10.1 Å². The average molecular weight is 350 g/mol. The molecule has 0 fully saturated rings. The molecule has 0 atom stereocenters. The fourth-order valence-corrected chi connectivity index (χ4v) is 2.50. The van der Waals surface area contributed by atoms with Crippen molar-refractivity contribution in [2.75, 3.05) is 11.9 Å². The van der Waals surface area contributed by atoms with Crippen molar-refractivity contribution in [2.45, 2.75) is 13.8 Å². The van der Waals surface area contributed by atoms with E-state index in [1.54, 1.807) is 18.0 Å². The minimum absolute atomic E-state index is 0.0916. The number of aromatic nitrogens is 2. The Morgan fingerprint density at radius 2 is 1.77 bits per heavy atom. The summed E-state index contributed by atoms with van der Waals surface area (Å²) in [5.41, 5.74) is 2.63. The molecule has 0 saturated heterocycles. The molecular weight excluding hydrogens is 332 g/mol. The zero-order chi connectivity index (χ0) is 18.7. The van der Waals surface area contributed by atoms with E-state index in [4.69, 9.17) is 4.74 Å². The molecule has 0 bridgehead atoms. The van der Waals surface area contributed by atoms with E-state index in [-0.39, 0.29) is 17.4 Å². The third-order valence-corrected chi connectivity index (χ3v) is 4.11. The number of nitrogens with zero attached hydrogens (tertiary/aromatic N) is 4. The Morgan fingerprint density at radius 1 is 1.04 bits per heavy atom. The summed E-state index contributed by atoms with van der Waals surface area (Å²) in [6.07, 6.45) is 1.26. The van der Waals surface area contributed by atoms with Crippen LogP contribution in [0.25, 0.3) is 0 Å². The fraction of sp³-hybridized carbons (Fsp3) is 0.158. The van der Waals surface area contributed by atoms with Crippen LogP contribution < -0.4 is 9.64 Å². The van der Waals surface area contributed by atoms with Crippen LogP contribution in [0.4, 0.5) is 17.2 Å². The van der Waals surface area contributed by atoms with Gasteiger partial charge < -0.3 is 9.64 Å². The average Bonchev–Trinajstić information content (AvgIpc) is 2.64. The number of para-hydroxylation sites is 1. The molecule has 1 aromatic heterocycles. The number of hydrogen-bond acceptors (Lipinski definition) is 6. The first-order valence-corrected chi connectivity index (χ1v) is 8.00. The Bertz CT molecular complexity index is 945. The minimum atomic E-state index is -0.523. The summed E-state index contributed by atoms with van der Waals surface area (Å²) in [5, 5.41) is 11.7. The van der Waals surface area contributed by atoms with Crippen LogP contribution in [0.1, 0.15) is 11.1 Å². The van der Waals surface area contributed by atoms with E-state index in [0.717, 1.165) is 16.8 Å². The van der Waals surface area contributed by atoms with Gasteiger partial charge in [0.2, 0.25) is 5.82 Å². The van der Waals surface area contributed by atoms with E-state index in [1.165, 1.54) is 6.33 Å². The number of nitro groups is 1. The number of hydrogen-bond donors (Lipinski definition) is 0. The van der Waals surface area contributed by atoms with Gasteiger partial charge in [0.1, 0.15) is 12.1 Å². The molecule has 132 valence electrons. The summed E-state index contributed by atoms with van der Waals surface area (Å²) in [6.45, 7) is 3.93. The molecule has 7 heteroatoms. The van der Waals surface area contributed by atoms with E-state index in [1.807, 2.05) is 56.3 Å². The largest absolute Gasteiger partial charge is 0.434 e. The van der Waals surface area contributed by atoms with E-state index in [0.29, 0.717) is 5.75 Å². The van der Waals surface area contributed by atoms with Crippen molar-refractivity contribution in [3.63, 3.8) is 0 Å². The lowest BCUT2D eigenvalue weighted by Crippen LogP contribution is -2.14. The summed E-state index contributed by atoms with van der Waals surface area (Å²) >= 11 is 0. The van der Waals surface area contributed by atoms with Gasteiger partial charge in [0.05, 0.1) is 4.92 Å². The Balaban J connectivity index is 2.03. The van der Waals surface area contributed by atoms with Crippen LogP contribution in [0.3, 0.4) is 0 Å². The maximum absolute atomic E-state index is 11.7. The monoisotopic (exact) mass is 350 g/mol. The van der Waals surface area contributed by atoms with Crippen molar-refractivity contribution in [2.24, 2.45) is 0 Å². The summed E-state index contributed by atoms with van der Waals surface area (Å²) in [6, 6.07) is 14.7. The lowest BCUT2D eigenvalue weighted by atomic mass is 10.1. The molecule has 3 aromatic rings. The van der Waals surface area contributed by atoms with E-state index < -0.39 is 4.92 Å². The number of anilines is 2. The van der Waals surface area contributed by atoms with Gasteiger partial charge in [-0.15, -0.1) is 0 Å². The lowest BCUT2D eigenvalue weighted by molar-refractivity contribution is -0.385. The highest BCUT2D eigenvalue weighted by molar-refractivity contribution is 5.70. The summed E-state index contributed by atoms with van der Waals surface area (Å²) in [7, 11) is 1.71. The summed E-state index contributed by atoms with van der Waals surface area (Å²) in [4.78, 5) is 20.9. The van der Waals surface area contributed by atoms with Crippen LogP contribution in [0.15, 0.2) is 54.9 Å². The lowest BCUT2D eigenvalue weighted by Gasteiger charge is -2.18. The van der Waals surface area contributed by atoms with Crippen molar-refractivity contribution >= 4 is 17.2 Å². The predicted octanol–water partition coefficient (Wildman–Crippen LogP) is 4.56. The summed E-state index contributed by atoms with van der Waals surface area (Å²) < 4.78 is 5.71. The molecule has 0 radical (unpaired) electrons. The number of ether oxygens (including phenoxy) is 1. The van der Waals surface area contributed by atoms with E-state index in [2.05, 4.69) is 9.97 Å². The van der Waals surface area contributed by atoms with Crippen LogP contribution in [0.2, 0.25) is 0 Å². The molecule has 0 unspecified atom stereocenters. The topological polar surface area (TPSA) is 81.4 Å². The molecule has 0 spiro atoms. The van der Waals surface area contributed by atoms with Gasteiger partial charge in [0, 0.05) is 12.7 Å². The van der Waals surface area contributed by atoms with E-state index in [9.17, 15) is 10.1 Å². The number of rotatable bonds is 5. The SMILES string of the molecule is Cc1ccc(Oc2ncnc(N(C)c3ccccc3)c2[N+](=O)[O-])cc1C. The predicted molar refractivity (Wildman–Crippen MR) is 99.2 cm³/mol. The van der Waals surface area contributed by atoms with Crippen molar-refractivity contribution in [1.29, 1.82) is 0 Å². The van der Waals surface area contributed by atoms with Crippen LogP contribution in [-0.2, 0) is 0 Å². The Morgan fingerprint density at radius 3 is 2.42 bits per heavy atom. The molecule has 7 nitrogen and oxygen atoms in total. The smallest absolute Gasteiger partial charge is 0.373 e. The first-order chi connectivity index (χ1) is 12.5. The van der Waals surface area contributed by atoms with Gasteiger partial charge in [-0.2, -0.15) is 4.98 Å². The number of benzene rings is 2. The quantitative estimate of drug-likeness (QED) is 0.495. The fourth-order valence-electron chi connectivity index (χ4n) is 2.50. The Kier molecular flexibility index (Phi) is 4.79. The maximum atomic E-state index is 11.7. The van der Waals surface area contributed by atoms with Crippen molar-refractivity contribution in [3.8, 4) is 11.6 Å². The molecule has 0 amide bonds. The second kappa shape index (κ2) is 7.18. The van der Waals surface area contributed by atoms with Gasteiger partial charge in [-0.1, -0.05) is 24.3 Å². The molecule has 1 heterocycles. The van der Waals surface area contributed by atoms with Gasteiger partial charge in [0.25, 0.3) is 0 Å². The molecular formula is C19H18N4O3. The highest BCUT2D eigenvalue weighted by atomic mass is 16.6. The molecule has 0 saturated carbocycles. The molecule has 0 aliphatic heterocycles. The van der Waals surface area contributed by atoms with Crippen molar-refractivity contribution in [1.82, 2.24) is 9.97 Å². The van der Waals surface area contributed by atoms with Crippen molar-refractivity contribution < 1.29 is 9.66 Å². The van der Waals surface area contributed by atoms with Crippen LogP contribution in [0, 0.1) is 24.0 Å². The normalized spacial score (nSPS) is 10.4. The standard InChI is InChI=1S/C19H18N4O3/c1-13-9-10-16(11-14(13)2)26-19-17(23(24)25)18(20-12-21-19)22(3)15-7-5-4-6-8-15/h4-12H,1-3H3. The second-order valence-corrected chi connectivity index (χ2v) is 5.85. The molecule has 26 heavy (non-hydrogen) atoms. The zero-order valence-corrected chi connectivity index (χ0v) is 14.7. The van der Waals surface area contributed by atoms with Crippen LogP contribution in [0.5, 0.6) is 11.6 Å². The van der Waals surface area contributed by atoms with E-state index >= 15 is 0 Å². The third kappa shape index (κ3) is 3.46. The highest BCUT2D eigenvalue weighted by Gasteiger charge is 2.28. The molecule has 3 rings (SSSR count). The first-order valence-electron chi connectivity index (χ1n) is 8.00. The highest BCUT2D eigenvalue weighted by Crippen LogP contribution is 2.38. The molecule has 0 aliphatic rings. The van der Waals surface area contributed by atoms with Crippen LogP contribution in [-0.4, -0.2) is 21.9 Å². The first kappa shape index (κ1) is 17.3. The van der Waals surface area contributed by atoms with Gasteiger partial charge in [-0.25, -0.2) is 4.98 Å². The van der Waals surface area contributed by atoms with Gasteiger partial charge in [-0.05, 0) is 49.2 Å². The third-order valence-electron chi connectivity index (χ3n) is 4.11.